The van der Waals surface area contributed by atoms with Crippen molar-refractivity contribution in [3.63, 3.8) is 0 Å². The molecule has 1 unspecified atom stereocenters. The highest BCUT2D eigenvalue weighted by atomic mass is 79.9. The average molecular weight is 530 g/mol. The van der Waals surface area contributed by atoms with E-state index in [9.17, 15) is 9.90 Å². The summed E-state index contributed by atoms with van der Waals surface area (Å²) in [5.74, 6) is -0.495. The third-order valence-corrected chi connectivity index (χ3v) is 6.48. The number of hydrogen-bond donors (Lipinski definition) is 1. The van der Waals surface area contributed by atoms with Crippen LogP contribution in [0.1, 0.15) is 47.1 Å². The molecule has 0 radical (unpaired) electrons. The number of halogens is 2. The van der Waals surface area contributed by atoms with Crippen LogP contribution in [0.4, 0.5) is 5.00 Å². The van der Waals surface area contributed by atoms with Gasteiger partial charge in [0.15, 0.2) is 0 Å². The van der Waals surface area contributed by atoms with E-state index < -0.39 is 5.60 Å². The molecule has 28 heavy (non-hydrogen) atoms. The van der Waals surface area contributed by atoms with E-state index in [0.717, 1.165) is 34.4 Å². The molecule has 1 aromatic heterocycles. The van der Waals surface area contributed by atoms with Crippen molar-refractivity contribution in [3.8, 4) is 5.75 Å². The smallest absolute Gasteiger partial charge is 0.342 e. The van der Waals surface area contributed by atoms with Gasteiger partial charge in [0.1, 0.15) is 22.7 Å². The molecule has 2 heterocycles. The molecular formula is C20H22Br2N2O3S. The van der Waals surface area contributed by atoms with Crippen LogP contribution in [0.25, 0.3) is 0 Å². The maximum Gasteiger partial charge on any atom is 0.342 e. The molecule has 0 saturated heterocycles. The van der Waals surface area contributed by atoms with Crippen LogP contribution < -0.4 is 10.0 Å². The number of nitrogens with zero attached hydrogens (tertiary/aromatic N) is 1. The number of likely N-dealkylation sites (N-methyl/N-ethyl adjacent to an activating group) is 1. The number of rotatable bonds is 3. The first-order valence-electron chi connectivity index (χ1n) is 8.94. The number of aliphatic imine (C=N–C) groups is 1. The fourth-order valence-corrected chi connectivity index (χ4v) is 5.59. The molecule has 1 atom stereocenters. The average Bonchev–Trinajstić information content (AvgIpc) is 2.92. The molecule has 0 aliphatic carbocycles. The minimum Gasteiger partial charge on any atom is -0.871 e. The normalized spacial score (nSPS) is 17.0. The lowest BCUT2D eigenvalue weighted by molar-refractivity contribution is -0.895. The number of esters is 1. The van der Waals surface area contributed by atoms with E-state index in [-0.39, 0.29) is 11.7 Å². The lowest BCUT2D eigenvalue weighted by Crippen LogP contribution is -3.08. The first kappa shape index (κ1) is 21.5. The maximum atomic E-state index is 12.9. The van der Waals surface area contributed by atoms with E-state index in [4.69, 9.17) is 4.74 Å². The summed E-state index contributed by atoms with van der Waals surface area (Å²) in [5, 5.41) is 12.9. The second-order valence-corrected chi connectivity index (χ2v) is 10.7. The molecule has 1 aliphatic rings. The zero-order chi connectivity index (χ0) is 20.6. The van der Waals surface area contributed by atoms with Crippen molar-refractivity contribution >= 4 is 60.4 Å². The quantitative estimate of drug-likeness (QED) is 0.487. The summed E-state index contributed by atoms with van der Waals surface area (Å²) in [6.07, 6.45) is 2.34. The third kappa shape index (κ3) is 4.84. The number of ether oxygens (including phenoxy) is 1. The van der Waals surface area contributed by atoms with Gasteiger partial charge in [0.2, 0.25) is 0 Å². The number of nitrogens with one attached hydrogen (secondary N) is 1. The van der Waals surface area contributed by atoms with Crippen LogP contribution in [0.15, 0.2) is 26.1 Å². The summed E-state index contributed by atoms with van der Waals surface area (Å²) in [5.41, 5.74) is 1.45. The van der Waals surface area contributed by atoms with E-state index in [1.165, 1.54) is 22.5 Å². The van der Waals surface area contributed by atoms with Crippen molar-refractivity contribution in [1.29, 1.82) is 0 Å². The fourth-order valence-electron chi connectivity index (χ4n) is 3.04. The van der Waals surface area contributed by atoms with E-state index in [0.29, 0.717) is 20.6 Å². The number of fused-ring (bicyclic) bond motifs is 1. The van der Waals surface area contributed by atoms with E-state index in [1.54, 1.807) is 12.1 Å². The highest BCUT2D eigenvalue weighted by molar-refractivity contribution is 9.11. The van der Waals surface area contributed by atoms with Gasteiger partial charge in [0, 0.05) is 21.6 Å². The molecule has 1 aromatic carbocycles. The zero-order valence-corrected chi connectivity index (χ0v) is 20.2. The maximum absolute atomic E-state index is 12.9. The second kappa shape index (κ2) is 8.26. The van der Waals surface area contributed by atoms with Crippen LogP contribution in [0.2, 0.25) is 0 Å². The molecule has 8 heteroatoms. The molecule has 1 N–H and O–H groups in total. The summed E-state index contributed by atoms with van der Waals surface area (Å²) in [4.78, 5) is 20.0. The Balaban J connectivity index is 2.04. The summed E-state index contributed by atoms with van der Waals surface area (Å²) in [6, 6.07) is 3.42. The number of thiophene rings is 1. The van der Waals surface area contributed by atoms with Crippen molar-refractivity contribution in [2.24, 2.45) is 4.99 Å². The van der Waals surface area contributed by atoms with Gasteiger partial charge < -0.3 is 14.7 Å². The zero-order valence-electron chi connectivity index (χ0n) is 16.2. The highest BCUT2D eigenvalue weighted by Gasteiger charge is 2.31. The van der Waals surface area contributed by atoms with Crippen molar-refractivity contribution in [1.82, 2.24) is 0 Å². The van der Waals surface area contributed by atoms with Crippen molar-refractivity contribution in [2.45, 2.75) is 39.3 Å². The van der Waals surface area contributed by atoms with Gasteiger partial charge in [-0.05, 0) is 44.0 Å². The van der Waals surface area contributed by atoms with E-state index in [2.05, 4.69) is 43.9 Å². The Morgan fingerprint density at radius 3 is 2.75 bits per heavy atom. The number of carbonyl (C=O) groups excluding carboxylic acids is 1. The predicted molar refractivity (Wildman–Crippen MR) is 117 cm³/mol. The Morgan fingerprint density at radius 1 is 1.36 bits per heavy atom. The topological polar surface area (TPSA) is 66.2 Å². The summed E-state index contributed by atoms with van der Waals surface area (Å²) < 4.78 is 6.89. The van der Waals surface area contributed by atoms with Crippen molar-refractivity contribution < 1.29 is 19.5 Å². The van der Waals surface area contributed by atoms with Crippen LogP contribution in [-0.4, -0.2) is 31.4 Å². The lowest BCUT2D eigenvalue weighted by Gasteiger charge is -2.22. The monoisotopic (exact) mass is 528 g/mol. The first-order valence-corrected chi connectivity index (χ1v) is 11.3. The molecule has 1 aliphatic heterocycles. The van der Waals surface area contributed by atoms with Crippen LogP contribution in [-0.2, 0) is 17.7 Å². The molecule has 0 saturated carbocycles. The molecule has 0 fully saturated rings. The number of carbonyl (C=O) groups is 1. The Hall–Kier alpha value is -1.22. The van der Waals surface area contributed by atoms with Crippen LogP contribution in [0.5, 0.6) is 5.75 Å². The van der Waals surface area contributed by atoms with Gasteiger partial charge in [-0.25, -0.2) is 9.79 Å². The molecule has 3 rings (SSSR count). The summed E-state index contributed by atoms with van der Waals surface area (Å²) in [6.45, 7) is 7.39. The molecule has 2 aromatic rings. The number of benzene rings is 1. The minimum absolute atomic E-state index is 0.142. The van der Waals surface area contributed by atoms with Crippen molar-refractivity contribution in [2.75, 3.05) is 13.6 Å². The summed E-state index contributed by atoms with van der Waals surface area (Å²) >= 11 is 8.17. The third-order valence-electron chi connectivity index (χ3n) is 4.30. The number of quaternary nitrogens is 1. The molecular weight excluding hydrogens is 508 g/mol. The second-order valence-electron chi connectivity index (χ2n) is 7.88. The largest absolute Gasteiger partial charge is 0.871 e. The van der Waals surface area contributed by atoms with Crippen molar-refractivity contribution in [3.05, 3.63) is 42.6 Å². The van der Waals surface area contributed by atoms with Gasteiger partial charge in [0.05, 0.1) is 18.5 Å². The number of hydrogen-bond acceptors (Lipinski definition) is 5. The van der Waals surface area contributed by atoms with Crippen LogP contribution in [0, 0.1) is 0 Å². The highest BCUT2D eigenvalue weighted by Crippen LogP contribution is 2.38. The Morgan fingerprint density at radius 2 is 2.07 bits per heavy atom. The van der Waals surface area contributed by atoms with E-state index >= 15 is 0 Å². The van der Waals surface area contributed by atoms with Gasteiger partial charge in [0.25, 0.3) is 0 Å². The summed E-state index contributed by atoms with van der Waals surface area (Å²) in [7, 11) is 2.14. The predicted octanol–water partition coefficient (Wildman–Crippen LogP) is 3.62. The van der Waals surface area contributed by atoms with Gasteiger partial charge in [-0.2, -0.15) is 0 Å². The molecule has 0 bridgehead atoms. The standard InChI is InChI=1S/C20H22Br2N2O3S/c1-20(2,3)27-19(26)16-13-5-6-24(4)10-15(13)28-18(16)23-9-11-7-12(21)8-14(22)17(11)25/h7-9,25H,5-6,10H2,1-4H3. The van der Waals surface area contributed by atoms with E-state index in [1.807, 2.05) is 20.8 Å². The van der Waals surface area contributed by atoms with Gasteiger partial charge in [-0.15, -0.1) is 11.3 Å². The molecule has 150 valence electrons. The Kier molecular flexibility index (Phi) is 6.34. The Bertz CT molecular complexity index is 948. The molecule has 0 amide bonds. The molecule has 0 spiro atoms. The SMILES string of the molecule is C[NH+]1CCc2c(sc(N=Cc3cc(Br)cc(Br)c3[O-])c2C(=O)OC(C)(C)C)C1. The van der Waals surface area contributed by atoms with Crippen LogP contribution in [0.3, 0.4) is 0 Å². The minimum atomic E-state index is -0.582. The Labute approximate surface area is 185 Å². The fraction of sp³-hybridized carbons (Fsp3) is 0.400. The van der Waals surface area contributed by atoms with Gasteiger partial charge >= 0.3 is 5.97 Å². The van der Waals surface area contributed by atoms with Gasteiger partial charge in [-0.1, -0.05) is 37.6 Å². The first-order chi connectivity index (χ1) is 13.0. The lowest BCUT2D eigenvalue weighted by atomic mass is 10.0. The van der Waals surface area contributed by atoms with Gasteiger partial charge in [-0.3, -0.25) is 0 Å². The molecule has 5 nitrogen and oxygen atoms in total. The van der Waals surface area contributed by atoms with Crippen LogP contribution >= 0.6 is 43.2 Å².